The minimum absolute atomic E-state index is 0.00455. The predicted molar refractivity (Wildman–Crippen MR) is 100 cm³/mol. The van der Waals surface area contributed by atoms with Crippen molar-refractivity contribution in [1.82, 2.24) is 5.32 Å². The van der Waals surface area contributed by atoms with E-state index in [4.69, 9.17) is 10.5 Å². The number of nitrogens with zero attached hydrogens (tertiary/aromatic N) is 1. The number of ether oxygens (including phenoxy) is 1. The smallest absolute Gasteiger partial charge is 0.340 e. The first-order valence-electron chi connectivity index (χ1n) is 8.15. The second-order valence-electron chi connectivity index (χ2n) is 5.69. The van der Waals surface area contributed by atoms with Crippen LogP contribution in [0.15, 0.2) is 42.5 Å². The second-order valence-corrected chi connectivity index (χ2v) is 5.69. The lowest BCUT2D eigenvalue weighted by molar-refractivity contribution is -0.384. The van der Waals surface area contributed by atoms with Crippen LogP contribution in [0.3, 0.4) is 0 Å². The maximum absolute atomic E-state index is 12.0. The highest BCUT2D eigenvalue weighted by molar-refractivity contribution is 5.96. The van der Waals surface area contributed by atoms with Crippen LogP contribution in [-0.4, -0.2) is 36.5 Å². The van der Waals surface area contributed by atoms with E-state index in [2.05, 4.69) is 10.6 Å². The largest absolute Gasteiger partial charge is 0.452 e. The van der Waals surface area contributed by atoms with E-state index in [0.29, 0.717) is 24.5 Å². The zero-order chi connectivity index (χ0) is 19.8. The topological polar surface area (TPSA) is 137 Å². The van der Waals surface area contributed by atoms with Crippen molar-refractivity contribution in [2.45, 2.75) is 6.92 Å². The minimum Gasteiger partial charge on any atom is -0.452 e. The van der Waals surface area contributed by atoms with Gasteiger partial charge in [-0.1, -0.05) is 12.1 Å². The normalized spacial score (nSPS) is 10.1. The van der Waals surface area contributed by atoms with Crippen LogP contribution in [0, 0.1) is 17.0 Å². The van der Waals surface area contributed by atoms with Crippen LogP contribution >= 0.6 is 0 Å². The Hall–Kier alpha value is -3.62. The summed E-state index contributed by atoms with van der Waals surface area (Å²) in [5.41, 5.74) is 7.83. The van der Waals surface area contributed by atoms with Crippen molar-refractivity contribution in [3.8, 4) is 0 Å². The van der Waals surface area contributed by atoms with Crippen molar-refractivity contribution in [2.75, 3.05) is 30.7 Å². The van der Waals surface area contributed by atoms with E-state index in [1.54, 1.807) is 31.2 Å². The molecule has 0 bridgehead atoms. The molecule has 1 amide bonds. The van der Waals surface area contributed by atoms with Gasteiger partial charge < -0.3 is 21.1 Å². The summed E-state index contributed by atoms with van der Waals surface area (Å²) in [5.74, 6) is -1.10. The van der Waals surface area contributed by atoms with Crippen molar-refractivity contribution in [1.29, 1.82) is 0 Å². The Balaban J connectivity index is 1.69. The molecule has 0 aliphatic rings. The molecule has 0 saturated carbocycles. The van der Waals surface area contributed by atoms with Gasteiger partial charge in [-0.2, -0.15) is 0 Å². The molecule has 2 aromatic carbocycles. The number of rotatable bonds is 8. The first-order chi connectivity index (χ1) is 12.9. The number of benzene rings is 2. The van der Waals surface area contributed by atoms with Gasteiger partial charge in [0, 0.05) is 36.6 Å². The number of hydrogen-bond acceptors (Lipinski definition) is 7. The fourth-order valence-electron chi connectivity index (χ4n) is 2.23. The van der Waals surface area contributed by atoms with Crippen LogP contribution in [0.2, 0.25) is 0 Å². The SMILES string of the molecule is Cc1cccc(C(=O)OCC(=O)NCCNc2ccc([N+](=O)[O-])cc2)c1N. The number of nitrogens with two attached hydrogens (primary N) is 1. The quantitative estimate of drug-likeness (QED) is 0.211. The number of carbonyl (C=O) groups excluding carboxylic acids is 2. The molecule has 2 rings (SSSR count). The molecule has 9 nitrogen and oxygen atoms in total. The molecule has 0 aliphatic heterocycles. The number of non-ortho nitro benzene ring substituents is 1. The van der Waals surface area contributed by atoms with E-state index < -0.39 is 23.4 Å². The van der Waals surface area contributed by atoms with E-state index in [1.165, 1.54) is 18.2 Å². The monoisotopic (exact) mass is 372 g/mol. The average Bonchev–Trinajstić information content (AvgIpc) is 2.66. The van der Waals surface area contributed by atoms with Gasteiger partial charge in [0.2, 0.25) is 0 Å². The molecule has 27 heavy (non-hydrogen) atoms. The summed E-state index contributed by atoms with van der Waals surface area (Å²) in [6.45, 7) is 2.06. The van der Waals surface area contributed by atoms with Gasteiger partial charge in [0.15, 0.2) is 6.61 Å². The summed E-state index contributed by atoms with van der Waals surface area (Å²) in [5, 5.41) is 16.2. The van der Waals surface area contributed by atoms with Gasteiger partial charge in [-0.05, 0) is 30.7 Å². The Morgan fingerprint density at radius 2 is 1.85 bits per heavy atom. The number of aryl methyl sites for hydroxylation is 1. The molecular weight excluding hydrogens is 352 g/mol. The first kappa shape index (κ1) is 19.7. The summed E-state index contributed by atoms with van der Waals surface area (Å²) < 4.78 is 4.96. The fraction of sp³-hybridized carbons (Fsp3) is 0.222. The number of amides is 1. The maximum atomic E-state index is 12.0. The predicted octanol–water partition coefficient (Wildman–Crippen LogP) is 1.87. The third kappa shape index (κ3) is 5.70. The third-order valence-corrected chi connectivity index (χ3v) is 3.73. The zero-order valence-electron chi connectivity index (χ0n) is 14.7. The van der Waals surface area contributed by atoms with Gasteiger partial charge in [-0.3, -0.25) is 14.9 Å². The minimum atomic E-state index is -0.657. The molecule has 0 unspecified atom stereocenters. The second kappa shape index (κ2) is 9.18. The Kier molecular flexibility index (Phi) is 6.70. The molecule has 4 N–H and O–H groups in total. The molecule has 0 fully saturated rings. The number of anilines is 2. The summed E-state index contributed by atoms with van der Waals surface area (Å²) in [6.07, 6.45) is 0. The van der Waals surface area contributed by atoms with Crippen molar-refractivity contribution in [2.24, 2.45) is 0 Å². The molecule has 0 aliphatic carbocycles. The van der Waals surface area contributed by atoms with Crippen molar-refractivity contribution >= 4 is 28.9 Å². The van der Waals surface area contributed by atoms with Crippen LogP contribution in [0.1, 0.15) is 15.9 Å². The number of hydrogen-bond donors (Lipinski definition) is 3. The number of nitrogens with one attached hydrogen (secondary N) is 2. The summed E-state index contributed by atoms with van der Waals surface area (Å²) in [7, 11) is 0. The Morgan fingerprint density at radius 1 is 1.15 bits per heavy atom. The number of para-hydroxylation sites is 1. The molecule has 142 valence electrons. The van der Waals surface area contributed by atoms with Gasteiger partial charge in [-0.25, -0.2) is 4.79 Å². The zero-order valence-corrected chi connectivity index (χ0v) is 14.7. The van der Waals surface area contributed by atoms with Crippen LogP contribution in [0.4, 0.5) is 17.1 Å². The van der Waals surface area contributed by atoms with Crippen LogP contribution in [0.5, 0.6) is 0 Å². The number of nitro benzene ring substituents is 1. The highest BCUT2D eigenvalue weighted by atomic mass is 16.6. The number of nitro groups is 1. The van der Waals surface area contributed by atoms with Gasteiger partial charge >= 0.3 is 5.97 Å². The van der Waals surface area contributed by atoms with Crippen LogP contribution in [0.25, 0.3) is 0 Å². The number of esters is 1. The molecule has 0 spiro atoms. The third-order valence-electron chi connectivity index (χ3n) is 3.73. The first-order valence-corrected chi connectivity index (χ1v) is 8.15. The van der Waals surface area contributed by atoms with E-state index in [9.17, 15) is 19.7 Å². The van der Waals surface area contributed by atoms with Crippen molar-refractivity contribution < 1.29 is 19.2 Å². The van der Waals surface area contributed by atoms with Gasteiger partial charge in [-0.15, -0.1) is 0 Å². The fourth-order valence-corrected chi connectivity index (χ4v) is 2.23. The molecule has 0 atom stereocenters. The van der Waals surface area contributed by atoms with Crippen LogP contribution in [-0.2, 0) is 9.53 Å². The van der Waals surface area contributed by atoms with Gasteiger partial charge in [0.25, 0.3) is 11.6 Å². The van der Waals surface area contributed by atoms with Crippen LogP contribution < -0.4 is 16.4 Å². The molecule has 0 aromatic heterocycles. The number of nitrogen functional groups attached to an aromatic ring is 1. The summed E-state index contributed by atoms with van der Waals surface area (Å²) in [4.78, 5) is 33.8. The summed E-state index contributed by atoms with van der Waals surface area (Å²) in [6, 6.07) is 10.9. The number of carbonyl (C=O) groups is 2. The van der Waals surface area contributed by atoms with E-state index >= 15 is 0 Å². The molecule has 0 saturated heterocycles. The van der Waals surface area contributed by atoms with Gasteiger partial charge in [0.05, 0.1) is 10.5 Å². The highest BCUT2D eigenvalue weighted by Crippen LogP contribution is 2.17. The molecule has 0 radical (unpaired) electrons. The Bertz CT molecular complexity index is 836. The van der Waals surface area contributed by atoms with Gasteiger partial charge in [0.1, 0.15) is 0 Å². The Labute approximate surface area is 155 Å². The lowest BCUT2D eigenvalue weighted by atomic mass is 10.1. The molecule has 9 heteroatoms. The standard InChI is InChI=1S/C18H20N4O5/c1-12-3-2-4-15(17(12)19)18(24)27-11-16(23)21-10-9-20-13-5-7-14(8-6-13)22(25)26/h2-8,20H,9-11,19H2,1H3,(H,21,23). The molecule has 2 aromatic rings. The molecule has 0 heterocycles. The van der Waals surface area contributed by atoms with E-state index in [1.807, 2.05) is 0 Å². The Morgan fingerprint density at radius 3 is 2.52 bits per heavy atom. The lowest BCUT2D eigenvalue weighted by Crippen LogP contribution is -2.32. The van der Waals surface area contributed by atoms with Crippen molar-refractivity contribution in [3.05, 3.63) is 63.7 Å². The van der Waals surface area contributed by atoms with E-state index in [-0.39, 0.29) is 11.3 Å². The average molecular weight is 372 g/mol. The highest BCUT2D eigenvalue weighted by Gasteiger charge is 2.14. The van der Waals surface area contributed by atoms with Crippen molar-refractivity contribution in [3.63, 3.8) is 0 Å². The molecular formula is C18H20N4O5. The summed E-state index contributed by atoms with van der Waals surface area (Å²) >= 11 is 0. The lowest BCUT2D eigenvalue weighted by Gasteiger charge is -2.10. The van der Waals surface area contributed by atoms with E-state index in [0.717, 1.165) is 5.56 Å². The maximum Gasteiger partial charge on any atom is 0.340 e.